The summed E-state index contributed by atoms with van der Waals surface area (Å²) in [4.78, 5) is 21.4. The highest BCUT2D eigenvalue weighted by Gasteiger charge is 2.20. The van der Waals surface area contributed by atoms with E-state index in [1.165, 1.54) is 37.4 Å². The number of nitrogens with zero attached hydrogens (tertiary/aromatic N) is 2. The molecule has 4 aromatic carbocycles. The number of rotatable bonds is 10. The molecular weight excluding hydrogens is 558 g/mol. The Morgan fingerprint density at radius 2 is 1.57 bits per heavy atom. The number of benzene rings is 4. The van der Waals surface area contributed by atoms with Gasteiger partial charge in [-0.3, -0.25) is 9.52 Å². The van der Waals surface area contributed by atoms with Gasteiger partial charge >= 0.3 is 0 Å². The Morgan fingerprint density at radius 3 is 2.31 bits per heavy atom. The number of hydrogen-bond donors (Lipinski definition) is 4. The standard InChI is InChI=1S/C30H27N5O6S/c1-19-7-5-9-23(13-19)41-18-28(37)31-20-8-6-10-25(16-20)42(38,39)35-30-29(33-26-11-3-4-12-27(26)34-30)32-21-14-22(36)17-24(15-21)40-2/h3-17,36H,18H2,1-2H3,(H,31,37)(H,32,33)(H,34,35). The number of phenols is 1. The number of carbonyl (C=O) groups excluding carboxylic acids is 1. The largest absolute Gasteiger partial charge is 0.508 e. The predicted molar refractivity (Wildman–Crippen MR) is 160 cm³/mol. The first-order valence-electron chi connectivity index (χ1n) is 12.7. The van der Waals surface area contributed by atoms with E-state index in [1.54, 1.807) is 42.5 Å². The summed E-state index contributed by atoms with van der Waals surface area (Å²) in [5.41, 5.74) is 2.64. The van der Waals surface area contributed by atoms with Crippen LogP contribution in [0, 0.1) is 6.92 Å². The first kappa shape index (κ1) is 28.2. The van der Waals surface area contributed by atoms with Gasteiger partial charge in [0.15, 0.2) is 18.2 Å². The SMILES string of the molecule is COc1cc(O)cc(Nc2nc3ccccc3nc2NS(=O)(=O)c2cccc(NC(=O)COc3cccc(C)c3)c2)c1. The van der Waals surface area contributed by atoms with Gasteiger partial charge < -0.3 is 25.2 Å². The molecular formula is C30H27N5O6S. The summed E-state index contributed by atoms with van der Waals surface area (Å²) in [6, 6.07) is 24.6. The number of sulfonamides is 1. The van der Waals surface area contributed by atoms with Gasteiger partial charge in [0.2, 0.25) is 0 Å². The molecule has 0 bridgehead atoms. The molecule has 214 valence electrons. The van der Waals surface area contributed by atoms with Gasteiger partial charge in [0, 0.05) is 29.6 Å². The topological polar surface area (TPSA) is 152 Å². The molecule has 0 radical (unpaired) electrons. The van der Waals surface area contributed by atoms with Crippen LogP contribution in [-0.2, 0) is 14.8 Å². The van der Waals surface area contributed by atoms with Crippen molar-refractivity contribution in [3.63, 3.8) is 0 Å². The molecule has 1 aromatic heterocycles. The van der Waals surface area contributed by atoms with Crippen LogP contribution in [0.4, 0.5) is 23.0 Å². The molecule has 0 atom stereocenters. The monoisotopic (exact) mass is 585 g/mol. The number of methoxy groups -OCH3 is 1. The van der Waals surface area contributed by atoms with Crippen molar-refractivity contribution in [2.75, 3.05) is 29.1 Å². The molecule has 0 saturated carbocycles. The molecule has 0 saturated heterocycles. The molecule has 1 amide bonds. The van der Waals surface area contributed by atoms with Crippen LogP contribution in [0.1, 0.15) is 5.56 Å². The maximum atomic E-state index is 13.5. The van der Waals surface area contributed by atoms with Gasteiger partial charge in [-0.05, 0) is 55.0 Å². The number of para-hydroxylation sites is 2. The van der Waals surface area contributed by atoms with Gasteiger partial charge in [-0.1, -0.05) is 30.3 Å². The summed E-state index contributed by atoms with van der Waals surface area (Å²) in [6.07, 6.45) is 0. The lowest BCUT2D eigenvalue weighted by Crippen LogP contribution is -2.21. The molecule has 0 fully saturated rings. The van der Waals surface area contributed by atoms with E-state index in [2.05, 4.69) is 25.3 Å². The van der Waals surface area contributed by atoms with Crippen molar-refractivity contribution in [3.05, 3.63) is 96.6 Å². The van der Waals surface area contributed by atoms with Crippen molar-refractivity contribution in [2.24, 2.45) is 0 Å². The lowest BCUT2D eigenvalue weighted by atomic mass is 10.2. The molecule has 0 unspecified atom stereocenters. The highest BCUT2D eigenvalue weighted by Crippen LogP contribution is 2.31. The highest BCUT2D eigenvalue weighted by molar-refractivity contribution is 7.92. The quantitative estimate of drug-likeness (QED) is 0.173. The second-order valence-corrected chi connectivity index (χ2v) is 10.9. The maximum absolute atomic E-state index is 13.5. The molecule has 0 spiro atoms. The molecule has 5 rings (SSSR count). The molecule has 4 N–H and O–H groups in total. The van der Waals surface area contributed by atoms with Crippen LogP contribution in [0.2, 0.25) is 0 Å². The predicted octanol–water partition coefficient (Wildman–Crippen LogP) is 5.21. The molecule has 0 aliphatic carbocycles. The van der Waals surface area contributed by atoms with Crippen molar-refractivity contribution in [1.29, 1.82) is 0 Å². The Bertz CT molecular complexity index is 1880. The number of hydrogen-bond acceptors (Lipinski definition) is 9. The lowest BCUT2D eigenvalue weighted by molar-refractivity contribution is -0.118. The summed E-state index contributed by atoms with van der Waals surface area (Å²) >= 11 is 0. The Hall–Kier alpha value is -5.36. The number of amides is 1. The highest BCUT2D eigenvalue weighted by atomic mass is 32.2. The van der Waals surface area contributed by atoms with E-state index >= 15 is 0 Å². The first-order valence-corrected chi connectivity index (χ1v) is 14.2. The van der Waals surface area contributed by atoms with Crippen LogP contribution in [0.5, 0.6) is 17.2 Å². The maximum Gasteiger partial charge on any atom is 0.263 e. The van der Waals surface area contributed by atoms with E-state index in [0.717, 1.165) is 5.56 Å². The molecule has 5 aromatic rings. The van der Waals surface area contributed by atoms with Crippen LogP contribution in [0.25, 0.3) is 11.0 Å². The molecule has 11 nitrogen and oxygen atoms in total. The van der Waals surface area contributed by atoms with Crippen LogP contribution in [0.3, 0.4) is 0 Å². The van der Waals surface area contributed by atoms with E-state index in [-0.39, 0.29) is 34.6 Å². The summed E-state index contributed by atoms with van der Waals surface area (Å²) in [5, 5.41) is 15.7. The fourth-order valence-corrected chi connectivity index (χ4v) is 5.10. The van der Waals surface area contributed by atoms with Gasteiger partial charge in [-0.2, -0.15) is 0 Å². The average molecular weight is 586 g/mol. The van der Waals surface area contributed by atoms with Crippen molar-refractivity contribution >= 4 is 50.0 Å². The minimum absolute atomic E-state index is 0.0594. The second-order valence-electron chi connectivity index (χ2n) is 9.24. The lowest BCUT2D eigenvalue weighted by Gasteiger charge is -2.15. The second kappa shape index (κ2) is 12.0. The molecule has 1 heterocycles. The zero-order chi connectivity index (χ0) is 29.7. The number of nitrogens with one attached hydrogen (secondary N) is 3. The average Bonchev–Trinajstić information content (AvgIpc) is 2.96. The van der Waals surface area contributed by atoms with E-state index in [9.17, 15) is 18.3 Å². The van der Waals surface area contributed by atoms with Crippen LogP contribution in [0.15, 0.2) is 95.9 Å². The summed E-state index contributed by atoms with van der Waals surface area (Å²) < 4.78 is 40.2. The number of carbonyl (C=O) groups is 1. The Balaban J connectivity index is 1.38. The Kier molecular flexibility index (Phi) is 8.07. The molecule has 0 aliphatic heterocycles. The molecule has 12 heteroatoms. The van der Waals surface area contributed by atoms with Crippen LogP contribution >= 0.6 is 0 Å². The minimum atomic E-state index is -4.19. The van der Waals surface area contributed by atoms with E-state index in [4.69, 9.17) is 9.47 Å². The van der Waals surface area contributed by atoms with Crippen molar-refractivity contribution < 1.29 is 27.8 Å². The van der Waals surface area contributed by atoms with Gasteiger partial charge in [0.1, 0.15) is 17.2 Å². The van der Waals surface area contributed by atoms with Gasteiger partial charge in [0.25, 0.3) is 15.9 Å². The number of aryl methyl sites for hydroxylation is 1. The fraction of sp³-hybridized carbons (Fsp3) is 0.100. The Morgan fingerprint density at radius 1 is 0.833 bits per heavy atom. The van der Waals surface area contributed by atoms with Crippen molar-refractivity contribution in [2.45, 2.75) is 11.8 Å². The van der Waals surface area contributed by atoms with Gasteiger partial charge in [0.05, 0.1) is 23.0 Å². The number of phenolic OH excluding ortho intramolecular Hbond substituents is 1. The number of ether oxygens (including phenoxy) is 2. The minimum Gasteiger partial charge on any atom is -0.508 e. The number of aromatic nitrogens is 2. The molecule has 0 aliphatic rings. The van der Waals surface area contributed by atoms with Crippen molar-refractivity contribution in [3.8, 4) is 17.2 Å². The fourth-order valence-electron chi connectivity index (χ4n) is 4.05. The summed E-state index contributed by atoms with van der Waals surface area (Å²) in [5.74, 6) is 0.454. The van der Waals surface area contributed by atoms with E-state index < -0.39 is 15.9 Å². The van der Waals surface area contributed by atoms with Crippen LogP contribution < -0.4 is 24.8 Å². The van der Waals surface area contributed by atoms with E-state index in [0.29, 0.717) is 28.2 Å². The Labute approximate surface area is 242 Å². The zero-order valence-corrected chi connectivity index (χ0v) is 23.5. The summed E-state index contributed by atoms with van der Waals surface area (Å²) in [7, 11) is -2.73. The molecule has 42 heavy (non-hydrogen) atoms. The third-order valence-corrected chi connectivity index (χ3v) is 7.32. The van der Waals surface area contributed by atoms with Gasteiger partial charge in [-0.15, -0.1) is 0 Å². The normalized spacial score (nSPS) is 11.1. The van der Waals surface area contributed by atoms with Crippen molar-refractivity contribution in [1.82, 2.24) is 9.97 Å². The third-order valence-electron chi connectivity index (χ3n) is 5.98. The number of aromatic hydroxyl groups is 1. The summed E-state index contributed by atoms with van der Waals surface area (Å²) in [6.45, 7) is 1.67. The van der Waals surface area contributed by atoms with Crippen LogP contribution in [-0.4, -0.2) is 43.1 Å². The zero-order valence-electron chi connectivity index (χ0n) is 22.7. The number of anilines is 4. The first-order chi connectivity index (χ1) is 20.2. The smallest absolute Gasteiger partial charge is 0.263 e. The van der Waals surface area contributed by atoms with Gasteiger partial charge in [-0.25, -0.2) is 18.4 Å². The third kappa shape index (κ3) is 6.85. The van der Waals surface area contributed by atoms with E-state index in [1.807, 2.05) is 25.1 Å². The number of fused-ring (bicyclic) bond motifs is 1.